The van der Waals surface area contributed by atoms with Gasteiger partial charge in [-0.25, -0.2) is 4.57 Å². The molecule has 3 heterocycles. The minimum Gasteiger partial charge on any atom is -0.307 e. The van der Waals surface area contributed by atoms with Gasteiger partial charge in [0.2, 0.25) is 5.52 Å². The topological polar surface area (TPSA) is 8.29 Å². The highest BCUT2D eigenvalue weighted by molar-refractivity contribution is 6.26. The molecule has 0 bridgehead atoms. The van der Waals surface area contributed by atoms with E-state index in [4.69, 9.17) is 0 Å². The Morgan fingerprint density at radius 3 is 2.47 bits per heavy atom. The van der Waals surface area contributed by atoms with Crippen molar-refractivity contribution in [3.05, 3.63) is 71.4 Å². The Morgan fingerprint density at radius 2 is 1.67 bits per heavy atom. The number of hydrogen-bond acceptors (Lipinski definition) is 0. The quantitative estimate of drug-likeness (QED) is 0.178. The molecule has 2 heteroatoms. The Hall–Kier alpha value is -3.13. The van der Waals surface area contributed by atoms with Gasteiger partial charge in [0.25, 0.3) is 0 Å². The number of fused-ring (bicyclic) bond motifs is 5. The van der Waals surface area contributed by atoms with Crippen LogP contribution in [-0.2, 0) is 13.5 Å². The monoisotopic (exact) mass is 391 g/mol. The van der Waals surface area contributed by atoms with Crippen molar-refractivity contribution in [3.8, 4) is 0 Å². The van der Waals surface area contributed by atoms with E-state index in [1.54, 1.807) is 0 Å². The van der Waals surface area contributed by atoms with Gasteiger partial charge in [-0.2, -0.15) is 0 Å². The number of nitrogens with zero attached hydrogens (tertiary/aromatic N) is 2. The molecule has 30 heavy (non-hydrogen) atoms. The van der Waals surface area contributed by atoms with Crippen molar-refractivity contribution in [2.75, 3.05) is 0 Å². The fourth-order valence-electron chi connectivity index (χ4n) is 5.58. The lowest BCUT2D eigenvalue weighted by Gasteiger charge is -2.15. The fraction of sp³-hybridized carbons (Fsp3) is 0.250. The molecule has 0 atom stereocenters. The third kappa shape index (κ3) is 2.17. The Kier molecular flexibility index (Phi) is 3.51. The molecular weight excluding hydrogens is 364 g/mol. The highest BCUT2D eigenvalue weighted by Crippen LogP contribution is 2.41. The van der Waals surface area contributed by atoms with Gasteiger partial charge >= 0.3 is 0 Å². The van der Waals surface area contributed by atoms with Gasteiger partial charge < -0.3 is 4.40 Å². The first-order valence-corrected chi connectivity index (χ1v) is 10.9. The predicted molar refractivity (Wildman–Crippen MR) is 128 cm³/mol. The van der Waals surface area contributed by atoms with Gasteiger partial charge in [0.1, 0.15) is 7.05 Å². The lowest BCUT2D eigenvalue weighted by atomic mass is 9.96. The minimum atomic E-state index is 0.634. The molecule has 0 aliphatic rings. The first kappa shape index (κ1) is 17.7. The molecule has 0 radical (unpaired) electrons. The summed E-state index contributed by atoms with van der Waals surface area (Å²) in [5.41, 5.74) is 9.47. The second kappa shape index (κ2) is 5.95. The molecule has 3 aromatic carbocycles. The lowest BCUT2D eigenvalue weighted by Crippen LogP contribution is -2.29. The van der Waals surface area contributed by atoms with Gasteiger partial charge in [-0.3, -0.25) is 0 Å². The van der Waals surface area contributed by atoms with Crippen LogP contribution in [0, 0.1) is 19.8 Å². The smallest absolute Gasteiger partial charge is 0.224 e. The van der Waals surface area contributed by atoms with Crippen molar-refractivity contribution in [1.82, 2.24) is 4.40 Å². The molecule has 6 aromatic rings. The van der Waals surface area contributed by atoms with Crippen LogP contribution in [0.4, 0.5) is 0 Å². The molecule has 0 spiro atoms. The zero-order valence-electron chi connectivity index (χ0n) is 18.4. The number of aromatic nitrogens is 2. The first-order valence-electron chi connectivity index (χ1n) is 10.9. The van der Waals surface area contributed by atoms with E-state index in [1.807, 2.05) is 0 Å². The van der Waals surface area contributed by atoms with E-state index in [9.17, 15) is 0 Å². The summed E-state index contributed by atoms with van der Waals surface area (Å²) in [6.07, 6.45) is 3.32. The second-order valence-electron chi connectivity index (χ2n) is 9.41. The van der Waals surface area contributed by atoms with Crippen LogP contribution < -0.4 is 4.57 Å². The van der Waals surface area contributed by atoms with Crippen molar-refractivity contribution in [3.63, 3.8) is 0 Å². The average Bonchev–Trinajstić information content (AvgIpc) is 3.04. The van der Waals surface area contributed by atoms with Gasteiger partial charge in [0, 0.05) is 16.8 Å². The van der Waals surface area contributed by atoms with Crippen molar-refractivity contribution >= 4 is 49.0 Å². The van der Waals surface area contributed by atoms with Gasteiger partial charge in [0.05, 0.1) is 27.3 Å². The van der Waals surface area contributed by atoms with Crippen LogP contribution in [-0.4, -0.2) is 4.40 Å². The van der Waals surface area contributed by atoms with Gasteiger partial charge in [-0.05, 0) is 54.3 Å². The Balaban J connectivity index is 2.03. The fourth-order valence-corrected chi connectivity index (χ4v) is 5.58. The maximum absolute atomic E-state index is 2.56. The van der Waals surface area contributed by atoms with E-state index in [2.05, 4.69) is 98.4 Å². The average molecular weight is 392 g/mol. The SMILES string of the molecule is Cc1ccc2c3cccc(C)c3n3c4cc(CC(C)C)cc5cc[n+](C)c(c1c23)c54. The predicted octanol–water partition coefficient (Wildman–Crippen LogP) is 6.63. The van der Waals surface area contributed by atoms with Crippen LogP contribution in [0.1, 0.15) is 30.5 Å². The van der Waals surface area contributed by atoms with Crippen LogP contribution in [0.15, 0.2) is 54.7 Å². The summed E-state index contributed by atoms with van der Waals surface area (Å²) in [5.74, 6) is 0.634. The van der Waals surface area contributed by atoms with Gasteiger partial charge in [-0.15, -0.1) is 0 Å². The van der Waals surface area contributed by atoms with Crippen LogP contribution in [0.25, 0.3) is 49.0 Å². The van der Waals surface area contributed by atoms with Crippen LogP contribution >= 0.6 is 0 Å². The van der Waals surface area contributed by atoms with E-state index in [1.165, 1.54) is 65.7 Å². The summed E-state index contributed by atoms with van der Waals surface area (Å²) in [4.78, 5) is 0. The molecular formula is C28H27N2+. The van der Waals surface area contributed by atoms with Gasteiger partial charge in [-0.1, -0.05) is 50.2 Å². The Labute approximate surface area is 176 Å². The number of aryl methyl sites for hydroxylation is 3. The van der Waals surface area contributed by atoms with E-state index < -0.39 is 0 Å². The maximum atomic E-state index is 2.56. The molecule has 2 nitrogen and oxygen atoms in total. The summed E-state index contributed by atoms with van der Waals surface area (Å²) >= 11 is 0. The highest BCUT2D eigenvalue weighted by Gasteiger charge is 2.24. The molecule has 0 N–H and O–H groups in total. The Morgan fingerprint density at radius 1 is 0.867 bits per heavy atom. The summed E-state index contributed by atoms with van der Waals surface area (Å²) in [6.45, 7) is 9.10. The van der Waals surface area contributed by atoms with Crippen LogP contribution in [0.3, 0.4) is 0 Å². The number of para-hydroxylation sites is 1. The van der Waals surface area contributed by atoms with Gasteiger partial charge in [0.15, 0.2) is 6.20 Å². The van der Waals surface area contributed by atoms with E-state index in [-0.39, 0.29) is 0 Å². The minimum absolute atomic E-state index is 0.634. The maximum Gasteiger partial charge on any atom is 0.224 e. The van der Waals surface area contributed by atoms with E-state index >= 15 is 0 Å². The third-order valence-corrected chi connectivity index (χ3v) is 6.76. The molecule has 3 aromatic heterocycles. The molecule has 0 amide bonds. The summed E-state index contributed by atoms with van der Waals surface area (Å²) < 4.78 is 4.87. The molecule has 0 unspecified atom stereocenters. The van der Waals surface area contributed by atoms with Crippen molar-refractivity contribution < 1.29 is 4.57 Å². The number of pyridine rings is 2. The summed E-state index contributed by atoms with van der Waals surface area (Å²) in [6, 6.07) is 18.5. The largest absolute Gasteiger partial charge is 0.307 e. The summed E-state index contributed by atoms with van der Waals surface area (Å²) in [7, 11) is 2.18. The third-order valence-electron chi connectivity index (χ3n) is 6.76. The number of benzene rings is 3. The van der Waals surface area contributed by atoms with E-state index in [0.717, 1.165) is 6.42 Å². The highest BCUT2D eigenvalue weighted by atomic mass is 15.0. The zero-order valence-corrected chi connectivity index (χ0v) is 18.4. The first-order chi connectivity index (χ1) is 14.5. The normalized spacial score (nSPS) is 12.6. The summed E-state index contributed by atoms with van der Waals surface area (Å²) in [5, 5.41) is 6.79. The second-order valence-corrected chi connectivity index (χ2v) is 9.41. The van der Waals surface area contributed by atoms with E-state index in [0.29, 0.717) is 5.92 Å². The van der Waals surface area contributed by atoms with Crippen LogP contribution in [0.5, 0.6) is 0 Å². The molecule has 0 fully saturated rings. The number of rotatable bonds is 2. The molecule has 6 rings (SSSR count). The molecule has 148 valence electrons. The van der Waals surface area contributed by atoms with Crippen LogP contribution in [0.2, 0.25) is 0 Å². The van der Waals surface area contributed by atoms with Crippen molar-refractivity contribution in [2.45, 2.75) is 34.1 Å². The molecule has 0 aliphatic carbocycles. The molecule has 0 saturated carbocycles. The molecule has 0 aliphatic heterocycles. The standard InChI is InChI=1S/C28H27N2/c1-16(2)13-19-14-20-11-12-29(5)28-24-17(3)9-10-22-21-8-6-7-18(4)26(21)30(27(22)24)23(15-19)25(20)28/h6-12,14-16H,13H2,1-5H3/q+1. The Bertz CT molecular complexity index is 1620. The zero-order chi connectivity index (χ0) is 20.7. The number of hydrogen-bond donors (Lipinski definition) is 0. The van der Waals surface area contributed by atoms with Crippen molar-refractivity contribution in [2.24, 2.45) is 13.0 Å². The lowest BCUT2D eigenvalue weighted by molar-refractivity contribution is -0.643. The van der Waals surface area contributed by atoms with Crippen molar-refractivity contribution in [1.29, 1.82) is 0 Å². The molecule has 0 saturated heterocycles.